The first-order chi connectivity index (χ1) is 9.51. The van der Waals surface area contributed by atoms with Crippen LogP contribution in [0.4, 0.5) is 0 Å². The number of oxime groups is 1. The van der Waals surface area contributed by atoms with E-state index in [1.54, 1.807) is 24.3 Å². The van der Waals surface area contributed by atoms with Crippen LogP contribution < -0.4 is 10.5 Å². The Hall–Kier alpha value is -1.24. The van der Waals surface area contributed by atoms with Crippen molar-refractivity contribution in [1.29, 1.82) is 0 Å². The van der Waals surface area contributed by atoms with Crippen molar-refractivity contribution >= 4 is 49.3 Å². The highest BCUT2D eigenvalue weighted by molar-refractivity contribution is 9.11. The van der Waals surface area contributed by atoms with E-state index in [1.807, 2.05) is 12.1 Å². The van der Waals surface area contributed by atoms with E-state index in [0.29, 0.717) is 22.1 Å². The summed E-state index contributed by atoms with van der Waals surface area (Å²) in [7, 11) is 0. The average Bonchev–Trinajstić information content (AvgIpc) is 2.42. The van der Waals surface area contributed by atoms with Crippen LogP contribution in [0, 0.1) is 0 Å². The van der Waals surface area contributed by atoms with Gasteiger partial charge in [-0.05, 0) is 52.3 Å². The highest BCUT2D eigenvalue weighted by Crippen LogP contribution is 2.34. The fourth-order valence-corrected chi connectivity index (χ4v) is 2.82. The molecule has 0 aliphatic carbocycles. The van der Waals surface area contributed by atoms with Crippen LogP contribution in [0.1, 0.15) is 5.56 Å². The Morgan fingerprint density at radius 1 is 1.15 bits per heavy atom. The molecule has 0 aliphatic heterocycles. The molecular formula is C13H9Br2ClN2O2. The van der Waals surface area contributed by atoms with Gasteiger partial charge in [-0.3, -0.25) is 0 Å². The first-order valence-electron chi connectivity index (χ1n) is 5.41. The minimum Gasteiger partial charge on any atom is -0.455 e. The second kappa shape index (κ2) is 6.47. The molecule has 4 nitrogen and oxygen atoms in total. The third-order valence-electron chi connectivity index (χ3n) is 2.44. The molecule has 2 rings (SSSR count). The Morgan fingerprint density at radius 2 is 1.85 bits per heavy atom. The van der Waals surface area contributed by atoms with Crippen molar-refractivity contribution in [3.8, 4) is 11.5 Å². The molecule has 0 fully saturated rings. The number of nitrogens with zero attached hydrogens (tertiary/aromatic N) is 1. The zero-order chi connectivity index (χ0) is 14.7. The smallest absolute Gasteiger partial charge is 0.173 e. The van der Waals surface area contributed by atoms with Crippen molar-refractivity contribution < 1.29 is 9.94 Å². The highest BCUT2D eigenvalue weighted by atomic mass is 79.9. The SMILES string of the molecule is NC(=NO)c1cc(Cl)ccc1Oc1ccc(Br)cc1Br. The molecule has 2 aromatic rings. The maximum Gasteiger partial charge on any atom is 0.173 e. The van der Waals surface area contributed by atoms with E-state index < -0.39 is 0 Å². The van der Waals surface area contributed by atoms with Gasteiger partial charge in [0.25, 0.3) is 0 Å². The van der Waals surface area contributed by atoms with Gasteiger partial charge in [0.05, 0.1) is 10.0 Å². The molecule has 104 valence electrons. The van der Waals surface area contributed by atoms with Gasteiger partial charge in [-0.15, -0.1) is 0 Å². The minimum atomic E-state index is -0.0734. The predicted octanol–water partition coefficient (Wildman–Crippen LogP) is 4.75. The van der Waals surface area contributed by atoms with E-state index in [-0.39, 0.29) is 5.84 Å². The van der Waals surface area contributed by atoms with Gasteiger partial charge in [0.2, 0.25) is 0 Å². The van der Waals surface area contributed by atoms with Gasteiger partial charge < -0.3 is 15.7 Å². The van der Waals surface area contributed by atoms with E-state index >= 15 is 0 Å². The lowest BCUT2D eigenvalue weighted by Crippen LogP contribution is -2.14. The molecule has 0 saturated heterocycles. The lowest BCUT2D eigenvalue weighted by atomic mass is 10.2. The van der Waals surface area contributed by atoms with Crippen LogP contribution in [0.15, 0.2) is 50.5 Å². The number of hydrogen-bond donors (Lipinski definition) is 2. The molecule has 0 aliphatic rings. The van der Waals surface area contributed by atoms with Crippen LogP contribution in [0.3, 0.4) is 0 Å². The van der Waals surface area contributed by atoms with Crippen molar-refractivity contribution in [3.63, 3.8) is 0 Å². The summed E-state index contributed by atoms with van der Waals surface area (Å²) >= 11 is 12.7. The van der Waals surface area contributed by atoms with Gasteiger partial charge in [-0.1, -0.05) is 32.7 Å². The monoisotopic (exact) mass is 418 g/mol. The van der Waals surface area contributed by atoms with Gasteiger partial charge in [-0.2, -0.15) is 0 Å². The van der Waals surface area contributed by atoms with Gasteiger partial charge in [0.15, 0.2) is 5.84 Å². The molecule has 0 spiro atoms. The van der Waals surface area contributed by atoms with Crippen LogP contribution >= 0.6 is 43.5 Å². The van der Waals surface area contributed by atoms with E-state index in [2.05, 4.69) is 37.0 Å². The van der Waals surface area contributed by atoms with Gasteiger partial charge >= 0.3 is 0 Å². The maximum atomic E-state index is 8.81. The molecular weight excluding hydrogens is 411 g/mol. The highest BCUT2D eigenvalue weighted by Gasteiger charge is 2.12. The topological polar surface area (TPSA) is 67.8 Å². The second-order valence-electron chi connectivity index (χ2n) is 3.80. The largest absolute Gasteiger partial charge is 0.455 e. The molecule has 0 amide bonds. The third-order valence-corrected chi connectivity index (χ3v) is 3.79. The Kier molecular flexibility index (Phi) is 4.91. The molecule has 0 aromatic heterocycles. The second-order valence-corrected chi connectivity index (χ2v) is 6.01. The fourth-order valence-electron chi connectivity index (χ4n) is 1.52. The molecule has 0 saturated carbocycles. The summed E-state index contributed by atoms with van der Waals surface area (Å²) in [6.07, 6.45) is 0. The number of nitrogens with two attached hydrogens (primary N) is 1. The summed E-state index contributed by atoms with van der Waals surface area (Å²) in [5.41, 5.74) is 6.03. The van der Waals surface area contributed by atoms with Crippen LogP contribution in [-0.2, 0) is 0 Å². The lowest BCUT2D eigenvalue weighted by molar-refractivity contribution is 0.318. The van der Waals surface area contributed by atoms with Crippen LogP contribution in [0.25, 0.3) is 0 Å². The number of benzene rings is 2. The van der Waals surface area contributed by atoms with E-state index in [0.717, 1.165) is 8.95 Å². The first kappa shape index (κ1) is 15.2. The van der Waals surface area contributed by atoms with E-state index in [4.69, 9.17) is 27.3 Å². The summed E-state index contributed by atoms with van der Waals surface area (Å²) < 4.78 is 7.47. The van der Waals surface area contributed by atoms with E-state index in [9.17, 15) is 0 Å². The number of ether oxygens (including phenoxy) is 1. The maximum absolute atomic E-state index is 8.81. The molecule has 20 heavy (non-hydrogen) atoms. The molecule has 2 aromatic carbocycles. The Balaban J connectivity index is 2.43. The summed E-state index contributed by atoms with van der Waals surface area (Å²) in [6, 6.07) is 10.4. The van der Waals surface area contributed by atoms with Crippen molar-refractivity contribution in [1.82, 2.24) is 0 Å². The molecule has 0 bridgehead atoms. The Labute approximate surface area is 137 Å². The fraction of sp³-hybridized carbons (Fsp3) is 0. The molecule has 0 heterocycles. The van der Waals surface area contributed by atoms with E-state index in [1.165, 1.54) is 0 Å². The first-order valence-corrected chi connectivity index (χ1v) is 7.38. The Morgan fingerprint density at radius 3 is 2.50 bits per heavy atom. The van der Waals surface area contributed by atoms with Crippen molar-refractivity contribution in [3.05, 3.63) is 55.9 Å². The summed E-state index contributed by atoms with van der Waals surface area (Å²) in [5, 5.41) is 12.3. The average molecular weight is 420 g/mol. The molecule has 0 unspecified atom stereocenters. The molecule has 0 radical (unpaired) electrons. The molecule has 3 N–H and O–H groups in total. The number of amidine groups is 1. The van der Waals surface area contributed by atoms with Gasteiger partial charge in [0.1, 0.15) is 11.5 Å². The standard InChI is InChI=1S/C13H9Br2ClN2O2/c14-7-1-3-12(10(15)5-7)20-11-4-2-8(16)6-9(11)13(17)18-19/h1-6,19H,(H2,17,18). The number of hydrogen-bond acceptors (Lipinski definition) is 3. The van der Waals surface area contributed by atoms with Crippen LogP contribution in [-0.4, -0.2) is 11.0 Å². The Bertz CT molecular complexity index is 677. The minimum absolute atomic E-state index is 0.0734. The summed E-state index contributed by atoms with van der Waals surface area (Å²) in [4.78, 5) is 0. The van der Waals surface area contributed by atoms with Gasteiger partial charge in [0, 0.05) is 9.50 Å². The van der Waals surface area contributed by atoms with Crippen molar-refractivity contribution in [2.75, 3.05) is 0 Å². The third kappa shape index (κ3) is 3.45. The normalized spacial score (nSPS) is 11.4. The number of halogens is 3. The summed E-state index contributed by atoms with van der Waals surface area (Å²) in [5.74, 6) is 0.964. The summed E-state index contributed by atoms with van der Waals surface area (Å²) in [6.45, 7) is 0. The zero-order valence-electron chi connectivity index (χ0n) is 9.98. The number of rotatable bonds is 3. The quantitative estimate of drug-likeness (QED) is 0.326. The lowest BCUT2D eigenvalue weighted by Gasteiger charge is -2.12. The van der Waals surface area contributed by atoms with Crippen molar-refractivity contribution in [2.24, 2.45) is 10.9 Å². The molecule has 0 atom stereocenters. The zero-order valence-corrected chi connectivity index (χ0v) is 13.9. The van der Waals surface area contributed by atoms with Gasteiger partial charge in [-0.25, -0.2) is 0 Å². The predicted molar refractivity (Wildman–Crippen MR) is 85.9 cm³/mol. The van der Waals surface area contributed by atoms with Crippen LogP contribution in [0.2, 0.25) is 5.02 Å². The van der Waals surface area contributed by atoms with Crippen molar-refractivity contribution in [2.45, 2.75) is 0 Å². The van der Waals surface area contributed by atoms with Crippen LogP contribution in [0.5, 0.6) is 11.5 Å². The molecule has 7 heteroatoms.